The van der Waals surface area contributed by atoms with Gasteiger partial charge in [0.2, 0.25) is 5.91 Å². The number of hydrogen-bond acceptors (Lipinski definition) is 5. The van der Waals surface area contributed by atoms with E-state index in [-0.39, 0.29) is 11.8 Å². The number of aryl methyl sites for hydroxylation is 1. The van der Waals surface area contributed by atoms with Crippen molar-refractivity contribution >= 4 is 17.8 Å². The Morgan fingerprint density at radius 3 is 1.93 bits per heavy atom. The lowest BCUT2D eigenvalue weighted by Crippen LogP contribution is -2.50. The molecule has 0 atom stereocenters. The second-order valence-corrected chi connectivity index (χ2v) is 7.09. The molecule has 3 rings (SSSR count). The Balaban J connectivity index is 1.48. The summed E-state index contributed by atoms with van der Waals surface area (Å²) in [7, 11) is 2.94. The number of hydrogen-bond donors (Lipinski definition) is 0. The minimum Gasteiger partial charge on any atom is -0.497 e. The van der Waals surface area contributed by atoms with E-state index in [4.69, 9.17) is 4.74 Å². The van der Waals surface area contributed by atoms with Gasteiger partial charge in [0.25, 0.3) is 5.91 Å². The Labute approximate surface area is 176 Å². The van der Waals surface area contributed by atoms with Crippen molar-refractivity contribution in [3.63, 3.8) is 0 Å². The fourth-order valence-corrected chi connectivity index (χ4v) is 3.41. The van der Waals surface area contributed by atoms with Gasteiger partial charge in [-0.25, -0.2) is 4.79 Å². The molecule has 0 spiro atoms. The highest BCUT2D eigenvalue weighted by atomic mass is 16.5. The second-order valence-electron chi connectivity index (χ2n) is 7.09. The van der Waals surface area contributed by atoms with Gasteiger partial charge in [0.1, 0.15) is 5.75 Å². The summed E-state index contributed by atoms with van der Waals surface area (Å²) in [6, 6.07) is 14.1. The summed E-state index contributed by atoms with van der Waals surface area (Å²) in [5.41, 5.74) is 2.01. The van der Waals surface area contributed by atoms with E-state index in [1.54, 1.807) is 36.3 Å². The van der Waals surface area contributed by atoms with Crippen LogP contribution in [0.4, 0.5) is 0 Å². The van der Waals surface area contributed by atoms with Crippen LogP contribution >= 0.6 is 0 Å². The van der Waals surface area contributed by atoms with Crippen LogP contribution in [0.15, 0.2) is 48.5 Å². The first-order valence-electron chi connectivity index (χ1n) is 9.90. The van der Waals surface area contributed by atoms with Crippen LogP contribution in [0.25, 0.3) is 0 Å². The topological polar surface area (TPSA) is 76.2 Å². The third kappa shape index (κ3) is 5.17. The molecule has 1 aliphatic heterocycles. The molecule has 7 nitrogen and oxygen atoms in total. The van der Waals surface area contributed by atoms with Gasteiger partial charge in [-0.15, -0.1) is 0 Å². The van der Waals surface area contributed by atoms with Crippen LogP contribution in [-0.2, 0) is 16.0 Å². The number of piperazine rings is 1. The summed E-state index contributed by atoms with van der Waals surface area (Å²) in [6.07, 6.45) is 1.11. The molecular formula is C23H26N2O5. The molecule has 0 saturated carbocycles. The summed E-state index contributed by atoms with van der Waals surface area (Å²) < 4.78 is 9.81. The fourth-order valence-electron chi connectivity index (χ4n) is 3.41. The number of carbonyl (C=O) groups is 3. The average molecular weight is 410 g/mol. The number of amides is 2. The van der Waals surface area contributed by atoms with Gasteiger partial charge in [-0.1, -0.05) is 12.1 Å². The van der Waals surface area contributed by atoms with Gasteiger partial charge in [0.15, 0.2) is 0 Å². The minimum absolute atomic E-state index is 0.0975. The zero-order valence-corrected chi connectivity index (χ0v) is 17.3. The molecule has 30 heavy (non-hydrogen) atoms. The predicted molar refractivity (Wildman–Crippen MR) is 112 cm³/mol. The number of rotatable bonds is 6. The minimum atomic E-state index is -0.434. The van der Waals surface area contributed by atoms with E-state index >= 15 is 0 Å². The predicted octanol–water partition coefficient (Wildman–Crippen LogP) is 2.40. The molecule has 1 heterocycles. The van der Waals surface area contributed by atoms with Crippen molar-refractivity contribution in [3.05, 3.63) is 65.2 Å². The zero-order valence-electron chi connectivity index (χ0n) is 17.3. The van der Waals surface area contributed by atoms with Gasteiger partial charge in [-0.3, -0.25) is 9.59 Å². The van der Waals surface area contributed by atoms with Gasteiger partial charge in [0, 0.05) is 38.2 Å². The van der Waals surface area contributed by atoms with Gasteiger partial charge < -0.3 is 19.3 Å². The molecule has 2 amide bonds. The van der Waals surface area contributed by atoms with Crippen LogP contribution in [0.2, 0.25) is 0 Å². The Morgan fingerprint density at radius 1 is 0.800 bits per heavy atom. The maximum Gasteiger partial charge on any atom is 0.337 e. The largest absolute Gasteiger partial charge is 0.497 e. The number of esters is 1. The quantitative estimate of drug-likeness (QED) is 0.684. The Hall–Kier alpha value is -3.35. The molecule has 1 saturated heterocycles. The normalized spacial score (nSPS) is 13.7. The van der Waals surface area contributed by atoms with Gasteiger partial charge in [-0.05, 0) is 48.4 Å². The lowest BCUT2D eigenvalue weighted by molar-refractivity contribution is -0.132. The van der Waals surface area contributed by atoms with Crippen molar-refractivity contribution in [2.45, 2.75) is 12.8 Å². The molecule has 2 aromatic carbocycles. The summed E-state index contributed by atoms with van der Waals surface area (Å²) in [6.45, 7) is 2.03. The molecule has 158 valence electrons. The summed E-state index contributed by atoms with van der Waals surface area (Å²) in [4.78, 5) is 40.3. The molecule has 0 radical (unpaired) electrons. The third-order valence-electron chi connectivity index (χ3n) is 5.26. The lowest BCUT2D eigenvalue weighted by atomic mass is 10.1. The van der Waals surface area contributed by atoms with Crippen LogP contribution in [0.1, 0.15) is 32.7 Å². The first kappa shape index (κ1) is 21.4. The van der Waals surface area contributed by atoms with E-state index in [0.29, 0.717) is 50.1 Å². The van der Waals surface area contributed by atoms with E-state index in [1.807, 2.05) is 29.2 Å². The smallest absolute Gasteiger partial charge is 0.337 e. The van der Waals surface area contributed by atoms with Crippen molar-refractivity contribution in [3.8, 4) is 5.75 Å². The lowest BCUT2D eigenvalue weighted by Gasteiger charge is -2.35. The van der Waals surface area contributed by atoms with Crippen molar-refractivity contribution in [1.82, 2.24) is 9.80 Å². The highest BCUT2D eigenvalue weighted by Gasteiger charge is 2.24. The summed E-state index contributed by atoms with van der Waals surface area (Å²) in [5, 5.41) is 0. The number of carbonyl (C=O) groups excluding carboxylic acids is 3. The van der Waals surface area contributed by atoms with Gasteiger partial charge in [-0.2, -0.15) is 0 Å². The van der Waals surface area contributed by atoms with Crippen LogP contribution in [-0.4, -0.2) is 68.0 Å². The zero-order chi connectivity index (χ0) is 21.5. The summed E-state index contributed by atoms with van der Waals surface area (Å²) in [5.74, 6) is 0.360. The molecule has 1 fully saturated rings. The maximum absolute atomic E-state index is 12.7. The molecule has 2 aromatic rings. The number of benzene rings is 2. The SMILES string of the molecule is COC(=O)c1ccc(C(=O)N2CCN(C(=O)CCc3ccc(OC)cc3)CC2)cc1. The maximum atomic E-state index is 12.7. The van der Waals surface area contributed by atoms with Crippen LogP contribution in [0.3, 0.4) is 0 Å². The second kappa shape index (κ2) is 9.91. The van der Waals surface area contributed by atoms with Crippen molar-refractivity contribution in [2.75, 3.05) is 40.4 Å². The Morgan fingerprint density at radius 2 is 1.37 bits per heavy atom. The molecule has 0 bridgehead atoms. The fraction of sp³-hybridized carbons (Fsp3) is 0.348. The highest BCUT2D eigenvalue weighted by molar-refractivity contribution is 5.96. The van der Waals surface area contributed by atoms with Gasteiger partial charge >= 0.3 is 5.97 Å². The summed E-state index contributed by atoms with van der Waals surface area (Å²) >= 11 is 0. The first-order valence-corrected chi connectivity index (χ1v) is 9.90. The average Bonchev–Trinajstić information content (AvgIpc) is 2.82. The van der Waals surface area contributed by atoms with Crippen LogP contribution < -0.4 is 4.74 Å². The molecule has 7 heteroatoms. The first-order chi connectivity index (χ1) is 14.5. The van der Waals surface area contributed by atoms with Crippen LogP contribution in [0, 0.1) is 0 Å². The molecule has 0 unspecified atom stereocenters. The van der Waals surface area contributed by atoms with E-state index in [9.17, 15) is 14.4 Å². The molecule has 1 aliphatic rings. The van der Waals surface area contributed by atoms with E-state index in [0.717, 1.165) is 11.3 Å². The van der Waals surface area contributed by atoms with Gasteiger partial charge in [0.05, 0.1) is 19.8 Å². The number of ether oxygens (including phenoxy) is 2. The molecule has 0 N–H and O–H groups in total. The Bertz CT molecular complexity index is 885. The molecule has 0 aromatic heterocycles. The van der Waals surface area contributed by atoms with E-state index < -0.39 is 5.97 Å². The van der Waals surface area contributed by atoms with E-state index in [1.165, 1.54) is 7.11 Å². The number of methoxy groups -OCH3 is 2. The third-order valence-corrected chi connectivity index (χ3v) is 5.26. The molecular weight excluding hydrogens is 384 g/mol. The van der Waals surface area contributed by atoms with E-state index in [2.05, 4.69) is 4.74 Å². The monoisotopic (exact) mass is 410 g/mol. The Kier molecular flexibility index (Phi) is 7.06. The van der Waals surface area contributed by atoms with Crippen molar-refractivity contribution in [1.29, 1.82) is 0 Å². The van der Waals surface area contributed by atoms with Crippen molar-refractivity contribution < 1.29 is 23.9 Å². The van der Waals surface area contributed by atoms with Crippen molar-refractivity contribution in [2.24, 2.45) is 0 Å². The number of nitrogens with zero attached hydrogens (tertiary/aromatic N) is 2. The standard InChI is InChI=1S/C23H26N2O5/c1-29-20-10-3-17(4-11-20)5-12-21(26)24-13-15-25(16-14-24)22(27)18-6-8-19(9-7-18)23(28)30-2/h3-4,6-11H,5,12-16H2,1-2H3. The highest BCUT2D eigenvalue weighted by Crippen LogP contribution is 2.15. The molecule has 0 aliphatic carbocycles. The van der Waals surface area contributed by atoms with Crippen LogP contribution in [0.5, 0.6) is 5.75 Å².